The van der Waals surface area contributed by atoms with E-state index in [1.807, 2.05) is 79.0 Å². The third-order valence-electron chi connectivity index (χ3n) is 8.68. The van der Waals surface area contributed by atoms with Crippen molar-refractivity contribution in [3.63, 3.8) is 0 Å². The smallest absolute Gasteiger partial charge is 0.124 e. The summed E-state index contributed by atoms with van der Waals surface area (Å²) in [7, 11) is 0. The second kappa shape index (κ2) is 23.2. The van der Waals surface area contributed by atoms with Gasteiger partial charge in [-0.25, -0.2) is 4.99 Å². The lowest BCUT2D eigenvalue weighted by Gasteiger charge is -2.46. The number of halogens is 1. The van der Waals surface area contributed by atoms with Crippen LogP contribution >= 0.6 is 11.6 Å². The Labute approximate surface area is 287 Å². The Balaban J connectivity index is 0.000000973. The zero-order valence-electron chi connectivity index (χ0n) is 30.8. The third kappa shape index (κ3) is 14.5. The van der Waals surface area contributed by atoms with Crippen molar-refractivity contribution < 1.29 is 9.90 Å². The van der Waals surface area contributed by atoms with Crippen LogP contribution in [-0.4, -0.2) is 17.2 Å². The van der Waals surface area contributed by atoms with E-state index in [1.54, 1.807) is 43.9 Å². The van der Waals surface area contributed by atoms with E-state index in [9.17, 15) is 5.11 Å². The van der Waals surface area contributed by atoms with Crippen molar-refractivity contribution in [2.45, 2.75) is 128 Å². The van der Waals surface area contributed by atoms with Gasteiger partial charge < -0.3 is 15.2 Å². The molecular weight excluding hydrogens is 588 g/mol. The first-order valence-electron chi connectivity index (χ1n) is 17.2. The average Bonchev–Trinajstić information content (AvgIpc) is 3.15. The molecule has 0 amide bonds. The summed E-state index contributed by atoms with van der Waals surface area (Å²) in [5.74, 6) is 2.05. The van der Waals surface area contributed by atoms with Crippen LogP contribution in [0.4, 0.5) is 0 Å². The van der Waals surface area contributed by atoms with E-state index in [0.717, 1.165) is 45.9 Å². The summed E-state index contributed by atoms with van der Waals surface area (Å²) in [6.07, 6.45) is 22.1. The molecule has 0 saturated heterocycles. The average molecular weight is 651 g/mol. The molecule has 0 unspecified atom stereocenters. The molecule has 0 atom stereocenters. The summed E-state index contributed by atoms with van der Waals surface area (Å²) in [5.41, 5.74) is 7.73. The predicted octanol–water partition coefficient (Wildman–Crippen LogP) is 12.7. The number of aliphatic imine (C=N–C) groups is 1. The van der Waals surface area contributed by atoms with Crippen molar-refractivity contribution in [1.82, 2.24) is 5.32 Å². The number of rotatable bonds is 5. The van der Waals surface area contributed by atoms with Crippen LogP contribution in [0.25, 0.3) is 5.57 Å². The maximum Gasteiger partial charge on any atom is 0.124 e. The van der Waals surface area contributed by atoms with Gasteiger partial charge in [0.25, 0.3) is 0 Å². The molecule has 1 heterocycles. The number of hydrogen-bond acceptors (Lipinski definition) is 4. The van der Waals surface area contributed by atoms with Crippen LogP contribution in [0.3, 0.4) is 0 Å². The van der Waals surface area contributed by atoms with Crippen LogP contribution in [0.2, 0.25) is 5.02 Å². The Kier molecular flexibility index (Phi) is 21.7. The normalized spacial score (nSPS) is 17.6. The SMILES string of the molecule is C=C(/C=C\C(C)=C/C)NC1=NC=C(/C=C(\C)c2c(O)cccc2Cl)C(C)=C(C)C1.CC.CC.CC1CCC2(CCC2)CC1.CC=O. The number of amidine groups is 1. The van der Waals surface area contributed by atoms with E-state index in [2.05, 4.69) is 37.7 Å². The number of carbonyl (C=O) groups is 1. The molecule has 4 rings (SSSR count). The number of aromatic hydroxyl groups is 1. The second-order valence-electron chi connectivity index (χ2n) is 12.0. The Morgan fingerprint density at radius 1 is 1.04 bits per heavy atom. The fraction of sp³-hybridized carbons (Fsp3) is 0.512. The lowest BCUT2D eigenvalue weighted by Crippen LogP contribution is -2.33. The first-order valence-corrected chi connectivity index (χ1v) is 17.6. The number of allylic oxidation sites excluding steroid dienone is 8. The number of phenolic OH excluding ortho intramolecular Hbond substituents is 1. The molecule has 1 aromatic rings. The molecule has 1 aromatic carbocycles. The highest BCUT2D eigenvalue weighted by molar-refractivity contribution is 6.32. The quantitative estimate of drug-likeness (QED) is 0.246. The summed E-state index contributed by atoms with van der Waals surface area (Å²) < 4.78 is 0. The van der Waals surface area contributed by atoms with Crippen LogP contribution in [0.5, 0.6) is 5.75 Å². The van der Waals surface area contributed by atoms with Crippen molar-refractivity contribution in [2.24, 2.45) is 16.3 Å². The Hall–Kier alpha value is -3.11. The lowest BCUT2D eigenvalue weighted by atomic mass is 9.59. The Morgan fingerprint density at radius 3 is 2.13 bits per heavy atom. The van der Waals surface area contributed by atoms with Crippen LogP contribution in [0.1, 0.15) is 133 Å². The van der Waals surface area contributed by atoms with Crippen LogP contribution in [0, 0.1) is 11.3 Å². The van der Waals surface area contributed by atoms with E-state index < -0.39 is 0 Å². The van der Waals surface area contributed by atoms with E-state index in [0.29, 0.717) is 17.0 Å². The maximum absolute atomic E-state index is 10.2. The molecule has 2 fully saturated rings. The number of hydrogen-bond donors (Lipinski definition) is 2. The van der Waals surface area contributed by atoms with E-state index >= 15 is 0 Å². The number of nitrogens with zero attached hydrogens (tertiary/aromatic N) is 1. The molecule has 2 saturated carbocycles. The fourth-order valence-corrected chi connectivity index (χ4v) is 5.78. The standard InChI is InChI=1S/C25H29ClN2O.C10H18.C2H4O.2C2H6/c1-7-16(2)11-12-19(5)28-24-14-17(3)20(6)21(15-27-24)13-18(4)25-22(26)9-8-10-23(25)29;1-9-3-7-10(8-4-9)5-2-6-10;1-2-3;2*1-2/h7-13,15,29H,5,14H2,1-4,6H3,(H,27,28);9H,2-8H2,1H3;2H,1H3;2*1-2H3/b12-11-,16-7-,18-13+;;;;. The number of benzene rings is 1. The van der Waals surface area contributed by atoms with Crippen molar-refractivity contribution in [2.75, 3.05) is 0 Å². The monoisotopic (exact) mass is 650 g/mol. The first-order chi connectivity index (χ1) is 21.9. The molecule has 5 heteroatoms. The van der Waals surface area contributed by atoms with Gasteiger partial charge in [-0.1, -0.05) is 101 Å². The minimum atomic E-state index is 0.171. The van der Waals surface area contributed by atoms with Gasteiger partial charge in [-0.3, -0.25) is 0 Å². The van der Waals surface area contributed by atoms with Crippen LogP contribution in [-0.2, 0) is 4.79 Å². The van der Waals surface area contributed by atoms with Gasteiger partial charge >= 0.3 is 0 Å². The molecule has 1 aliphatic heterocycles. The number of carbonyl (C=O) groups excluding carboxylic acids is 1. The molecule has 2 N–H and O–H groups in total. The number of aldehydes is 1. The Morgan fingerprint density at radius 2 is 1.63 bits per heavy atom. The molecule has 2 aliphatic carbocycles. The van der Waals surface area contributed by atoms with Gasteiger partial charge in [0.05, 0.1) is 5.02 Å². The highest BCUT2D eigenvalue weighted by Gasteiger charge is 2.38. The topological polar surface area (TPSA) is 61.7 Å². The van der Waals surface area contributed by atoms with Crippen molar-refractivity contribution in [3.8, 4) is 5.75 Å². The van der Waals surface area contributed by atoms with Crippen molar-refractivity contribution in [3.05, 3.63) is 93.9 Å². The van der Waals surface area contributed by atoms with Gasteiger partial charge in [0.15, 0.2) is 0 Å². The fourth-order valence-electron chi connectivity index (χ4n) is 5.46. The van der Waals surface area contributed by atoms with E-state index in [1.165, 1.54) is 37.3 Å². The summed E-state index contributed by atoms with van der Waals surface area (Å²) in [6.45, 7) is 26.1. The molecule has 0 radical (unpaired) electrons. The minimum Gasteiger partial charge on any atom is -0.507 e. The zero-order valence-corrected chi connectivity index (χ0v) is 31.6. The first kappa shape index (κ1) is 42.9. The molecule has 46 heavy (non-hydrogen) atoms. The van der Waals surface area contributed by atoms with Gasteiger partial charge in [-0.15, -0.1) is 0 Å². The summed E-state index contributed by atoms with van der Waals surface area (Å²) >= 11 is 6.29. The number of nitrogens with one attached hydrogen (secondary N) is 1. The van der Waals surface area contributed by atoms with Crippen molar-refractivity contribution >= 4 is 29.3 Å². The van der Waals surface area contributed by atoms with Gasteiger partial charge in [-0.2, -0.15) is 0 Å². The van der Waals surface area contributed by atoms with Gasteiger partial charge in [0.2, 0.25) is 0 Å². The predicted molar refractivity (Wildman–Crippen MR) is 204 cm³/mol. The maximum atomic E-state index is 10.2. The summed E-state index contributed by atoms with van der Waals surface area (Å²) in [5, 5.41) is 14.0. The molecule has 3 aliphatic rings. The molecular formula is C41H63ClN2O2. The van der Waals surface area contributed by atoms with Gasteiger partial charge in [0, 0.05) is 23.9 Å². The second-order valence-corrected chi connectivity index (χ2v) is 12.4. The van der Waals surface area contributed by atoms with Crippen LogP contribution < -0.4 is 5.32 Å². The Bertz CT molecular complexity index is 1260. The highest BCUT2D eigenvalue weighted by Crippen LogP contribution is 2.52. The third-order valence-corrected chi connectivity index (χ3v) is 8.99. The largest absolute Gasteiger partial charge is 0.507 e. The molecule has 1 spiro atoms. The van der Waals surface area contributed by atoms with Gasteiger partial charge in [-0.05, 0) is 120 Å². The number of phenols is 1. The summed E-state index contributed by atoms with van der Waals surface area (Å²) in [6, 6.07) is 5.15. The molecule has 0 bridgehead atoms. The van der Waals surface area contributed by atoms with Crippen LogP contribution in [0.15, 0.2) is 88.3 Å². The van der Waals surface area contributed by atoms with Crippen molar-refractivity contribution in [1.29, 1.82) is 0 Å². The van der Waals surface area contributed by atoms with E-state index in [-0.39, 0.29) is 5.75 Å². The molecule has 0 aromatic heterocycles. The zero-order chi connectivity index (χ0) is 35.3. The lowest BCUT2D eigenvalue weighted by molar-refractivity contribution is -0.106. The summed E-state index contributed by atoms with van der Waals surface area (Å²) in [4.78, 5) is 13.4. The highest BCUT2D eigenvalue weighted by atomic mass is 35.5. The minimum absolute atomic E-state index is 0.171. The van der Waals surface area contributed by atoms with Gasteiger partial charge in [0.1, 0.15) is 17.9 Å². The van der Waals surface area contributed by atoms with E-state index in [4.69, 9.17) is 16.4 Å². The molecule has 4 nitrogen and oxygen atoms in total. The molecule has 256 valence electrons.